The fourth-order valence-corrected chi connectivity index (χ4v) is 2.36. The summed E-state index contributed by atoms with van der Waals surface area (Å²) in [6.07, 6.45) is 1.39. The highest BCUT2D eigenvalue weighted by Crippen LogP contribution is 2.19. The molecule has 0 spiro atoms. The summed E-state index contributed by atoms with van der Waals surface area (Å²) < 4.78 is 5.05. The van der Waals surface area contributed by atoms with Crippen LogP contribution in [0.25, 0.3) is 0 Å². The number of carbonyl (C=O) groups excluding carboxylic acids is 3. The second kappa shape index (κ2) is 7.87. The van der Waals surface area contributed by atoms with E-state index in [1.165, 1.54) is 12.3 Å². The molecule has 27 heavy (non-hydrogen) atoms. The van der Waals surface area contributed by atoms with Gasteiger partial charge in [0.2, 0.25) is 0 Å². The second-order valence-electron chi connectivity index (χ2n) is 5.50. The van der Waals surface area contributed by atoms with Crippen LogP contribution in [0, 0.1) is 0 Å². The minimum absolute atomic E-state index is 0.141. The van der Waals surface area contributed by atoms with E-state index in [0.29, 0.717) is 17.1 Å². The highest BCUT2D eigenvalue weighted by molar-refractivity contribution is 6.12. The van der Waals surface area contributed by atoms with Crippen molar-refractivity contribution in [3.63, 3.8) is 0 Å². The minimum atomic E-state index is -0.673. The Bertz CT molecular complexity index is 966. The summed E-state index contributed by atoms with van der Waals surface area (Å²) in [5.74, 6) is -0.717. The van der Waals surface area contributed by atoms with Gasteiger partial charge in [-0.15, -0.1) is 0 Å². The van der Waals surface area contributed by atoms with Crippen molar-refractivity contribution in [1.82, 2.24) is 0 Å². The van der Waals surface area contributed by atoms with Crippen LogP contribution in [0.5, 0.6) is 0 Å². The molecule has 136 valence electrons. The lowest BCUT2D eigenvalue weighted by atomic mass is 10.1. The molecule has 3 aromatic rings. The first-order valence-corrected chi connectivity index (χ1v) is 7.94. The maximum absolute atomic E-state index is 12.6. The number of hydrogen-bond donors (Lipinski definition) is 4. The molecular weight excluding hydrogens is 348 g/mol. The van der Waals surface area contributed by atoms with E-state index < -0.39 is 17.8 Å². The van der Waals surface area contributed by atoms with Gasteiger partial charge in [0.05, 0.1) is 17.5 Å². The lowest BCUT2D eigenvalue weighted by Crippen LogP contribution is -2.19. The van der Waals surface area contributed by atoms with Gasteiger partial charge >= 0.3 is 6.03 Å². The van der Waals surface area contributed by atoms with Gasteiger partial charge in [-0.05, 0) is 48.5 Å². The van der Waals surface area contributed by atoms with Crippen LogP contribution in [0.2, 0.25) is 0 Å². The first-order valence-electron chi connectivity index (χ1n) is 7.94. The number of carbonyl (C=O) groups is 3. The van der Waals surface area contributed by atoms with E-state index in [1.807, 2.05) is 0 Å². The Morgan fingerprint density at radius 3 is 2.04 bits per heavy atom. The maximum atomic E-state index is 12.6. The molecule has 0 atom stereocenters. The molecule has 8 heteroatoms. The van der Waals surface area contributed by atoms with Gasteiger partial charge in [-0.2, -0.15) is 0 Å². The first-order chi connectivity index (χ1) is 13.0. The molecule has 0 unspecified atom stereocenters. The normalized spacial score (nSPS) is 10.1. The van der Waals surface area contributed by atoms with Crippen molar-refractivity contribution < 1.29 is 18.8 Å². The fourth-order valence-electron chi connectivity index (χ4n) is 2.36. The van der Waals surface area contributed by atoms with Crippen LogP contribution in [-0.4, -0.2) is 17.8 Å². The maximum Gasteiger partial charge on any atom is 0.316 e. The average molecular weight is 364 g/mol. The molecule has 0 aliphatic rings. The summed E-state index contributed by atoms with van der Waals surface area (Å²) in [4.78, 5) is 35.6. The number of amides is 4. The van der Waals surface area contributed by atoms with Crippen molar-refractivity contribution >= 4 is 34.9 Å². The predicted octanol–water partition coefficient (Wildman–Crippen LogP) is 3.27. The summed E-state index contributed by atoms with van der Waals surface area (Å²) in [6.45, 7) is 0. The summed E-state index contributed by atoms with van der Waals surface area (Å²) >= 11 is 0. The Balaban J connectivity index is 1.73. The lowest BCUT2D eigenvalue weighted by molar-refractivity contribution is 0.0996. The summed E-state index contributed by atoms with van der Waals surface area (Å²) in [7, 11) is 0. The number of benzene rings is 2. The van der Waals surface area contributed by atoms with Crippen LogP contribution in [0.3, 0.4) is 0 Å². The molecule has 0 fully saturated rings. The van der Waals surface area contributed by atoms with Crippen molar-refractivity contribution in [2.75, 3.05) is 16.0 Å². The number of nitrogens with one attached hydrogen (secondary N) is 3. The van der Waals surface area contributed by atoms with E-state index in [1.54, 1.807) is 54.6 Å². The monoisotopic (exact) mass is 364 g/mol. The zero-order valence-corrected chi connectivity index (χ0v) is 14.1. The Hall–Kier alpha value is -4.07. The molecule has 0 aliphatic heterocycles. The summed E-state index contributed by atoms with van der Waals surface area (Å²) in [5, 5.41) is 7.82. The molecule has 0 bridgehead atoms. The van der Waals surface area contributed by atoms with Gasteiger partial charge in [0.1, 0.15) is 0 Å². The second-order valence-corrected chi connectivity index (χ2v) is 5.50. The molecule has 0 aliphatic carbocycles. The van der Waals surface area contributed by atoms with Gasteiger partial charge in [-0.3, -0.25) is 9.59 Å². The molecule has 1 heterocycles. The van der Waals surface area contributed by atoms with Crippen LogP contribution in [0.15, 0.2) is 71.3 Å². The Labute approximate surface area is 154 Å². The number of nitrogens with two attached hydrogens (primary N) is 1. The van der Waals surface area contributed by atoms with E-state index >= 15 is 0 Å². The zero-order valence-electron chi connectivity index (χ0n) is 14.1. The number of anilines is 3. The molecule has 4 amide bonds. The van der Waals surface area contributed by atoms with Gasteiger partial charge in [-0.1, -0.05) is 12.1 Å². The van der Waals surface area contributed by atoms with Gasteiger partial charge in [-0.25, -0.2) is 4.79 Å². The van der Waals surface area contributed by atoms with Gasteiger partial charge in [0, 0.05) is 11.4 Å². The lowest BCUT2D eigenvalue weighted by Gasteiger charge is -2.11. The number of rotatable bonds is 5. The number of urea groups is 1. The zero-order chi connectivity index (χ0) is 19.2. The average Bonchev–Trinajstić information content (AvgIpc) is 3.18. The van der Waals surface area contributed by atoms with Crippen molar-refractivity contribution in [1.29, 1.82) is 0 Å². The van der Waals surface area contributed by atoms with E-state index in [0.717, 1.165) is 0 Å². The quantitative estimate of drug-likeness (QED) is 0.554. The first kappa shape index (κ1) is 17.7. The van der Waals surface area contributed by atoms with Crippen LogP contribution in [0.4, 0.5) is 21.9 Å². The standard InChI is InChI=1S/C19H16N4O4/c20-19(26)22-13-9-7-12(8-10-13)21-17(24)14-4-1-2-5-15(14)23-18(25)16-6-3-11-27-16/h1-11H,(H,21,24)(H,23,25)(H3,20,22,26). The van der Waals surface area contributed by atoms with E-state index in [4.69, 9.17) is 10.2 Å². The van der Waals surface area contributed by atoms with Crippen LogP contribution in [0.1, 0.15) is 20.9 Å². The molecule has 3 rings (SSSR count). The van der Waals surface area contributed by atoms with Crippen molar-refractivity contribution in [3.8, 4) is 0 Å². The molecule has 1 aromatic heterocycles. The SMILES string of the molecule is NC(=O)Nc1ccc(NC(=O)c2ccccc2NC(=O)c2ccco2)cc1. The van der Waals surface area contributed by atoms with Crippen molar-refractivity contribution in [2.45, 2.75) is 0 Å². The Morgan fingerprint density at radius 2 is 1.41 bits per heavy atom. The number of para-hydroxylation sites is 1. The summed E-state index contributed by atoms with van der Waals surface area (Å²) in [6, 6.07) is 15.5. The van der Waals surface area contributed by atoms with Crippen molar-refractivity contribution in [3.05, 3.63) is 78.3 Å². The van der Waals surface area contributed by atoms with Gasteiger partial charge in [0.15, 0.2) is 5.76 Å². The third-order valence-corrected chi connectivity index (χ3v) is 3.58. The third-order valence-electron chi connectivity index (χ3n) is 3.58. The fraction of sp³-hybridized carbons (Fsp3) is 0. The molecule has 0 saturated carbocycles. The topological polar surface area (TPSA) is 126 Å². The molecule has 5 N–H and O–H groups in total. The summed E-state index contributed by atoms with van der Waals surface area (Å²) in [5.41, 5.74) is 6.71. The predicted molar refractivity (Wildman–Crippen MR) is 101 cm³/mol. The van der Waals surface area contributed by atoms with Crippen LogP contribution >= 0.6 is 0 Å². The number of primary amides is 1. The van der Waals surface area contributed by atoms with E-state index in [-0.39, 0.29) is 11.3 Å². The molecule has 8 nitrogen and oxygen atoms in total. The largest absolute Gasteiger partial charge is 0.459 e. The number of furan rings is 1. The van der Waals surface area contributed by atoms with Gasteiger partial charge < -0.3 is 26.1 Å². The highest BCUT2D eigenvalue weighted by Gasteiger charge is 2.15. The molecule has 2 aromatic carbocycles. The molecule has 0 saturated heterocycles. The smallest absolute Gasteiger partial charge is 0.316 e. The Kier molecular flexibility index (Phi) is 5.17. The van der Waals surface area contributed by atoms with Gasteiger partial charge in [0.25, 0.3) is 11.8 Å². The Morgan fingerprint density at radius 1 is 0.741 bits per heavy atom. The van der Waals surface area contributed by atoms with Crippen LogP contribution in [-0.2, 0) is 0 Å². The molecular formula is C19H16N4O4. The van der Waals surface area contributed by atoms with Crippen LogP contribution < -0.4 is 21.7 Å². The third kappa shape index (κ3) is 4.51. The minimum Gasteiger partial charge on any atom is -0.459 e. The highest BCUT2D eigenvalue weighted by atomic mass is 16.3. The van der Waals surface area contributed by atoms with E-state index in [2.05, 4.69) is 16.0 Å². The molecule has 0 radical (unpaired) electrons. The number of hydrogen-bond acceptors (Lipinski definition) is 4. The van der Waals surface area contributed by atoms with E-state index in [9.17, 15) is 14.4 Å². The van der Waals surface area contributed by atoms with Crippen molar-refractivity contribution in [2.24, 2.45) is 5.73 Å².